The summed E-state index contributed by atoms with van der Waals surface area (Å²) in [7, 11) is 0. The summed E-state index contributed by atoms with van der Waals surface area (Å²) >= 11 is 6.52. The van der Waals surface area contributed by atoms with E-state index in [1.807, 2.05) is 36.4 Å². The fourth-order valence-corrected chi connectivity index (χ4v) is 2.94. The van der Waals surface area contributed by atoms with E-state index in [-0.39, 0.29) is 5.95 Å². The lowest BCUT2D eigenvalue weighted by Crippen LogP contribution is -2.03. The van der Waals surface area contributed by atoms with Gasteiger partial charge in [0, 0.05) is 11.6 Å². The molecule has 0 fully saturated rings. The molecule has 0 aliphatic carbocycles. The lowest BCUT2D eigenvalue weighted by atomic mass is 10.1. The average molecular weight is 361 g/mol. The van der Waals surface area contributed by atoms with Crippen LogP contribution in [0.5, 0.6) is 0 Å². The predicted molar refractivity (Wildman–Crippen MR) is 99.5 cm³/mol. The highest BCUT2D eigenvalue weighted by Gasteiger charge is 2.18. The normalized spacial score (nSPS) is 12.0. The molecular weight excluding hydrogens is 348 g/mol. The van der Waals surface area contributed by atoms with Gasteiger partial charge in [-0.3, -0.25) is 0 Å². The number of rotatable bonds is 3. The van der Waals surface area contributed by atoms with Crippen molar-refractivity contribution in [3.05, 3.63) is 77.6 Å². The summed E-state index contributed by atoms with van der Waals surface area (Å²) in [6.45, 7) is 0. The highest BCUT2D eigenvalue weighted by Crippen LogP contribution is 2.28. The molecule has 0 radical (unpaired) electrons. The van der Waals surface area contributed by atoms with E-state index >= 15 is 0 Å². The second-order valence-corrected chi connectivity index (χ2v) is 6.14. The van der Waals surface area contributed by atoms with Crippen molar-refractivity contribution in [1.82, 2.24) is 19.6 Å². The van der Waals surface area contributed by atoms with E-state index < -0.39 is 5.38 Å². The van der Waals surface area contributed by atoms with Crippen molar-refractivity contribution < 1.29 is 0 Å². The molecule has 4 rings (SSSR count). The number of anilines is 1. The van der Waals surface area contributed by atoms with Crippen LogP contribution >= 0.6 is 11.6 Å². The highest BCUT2D eigenvalue weighted by molar-refractivity contribution is 6.22. The molecule has 2 N–H and O–H groups in total. The van der Waals surface area contributed by atoms with Crippen LogP contribution in [0.3, 0.4) is 0 Å². The molecule has 2 heterocycles. The molecule has 6 nitrogen and oxygen atoms in total. The third-order valence-corrected chi connectivity index (χ3v) is 4.42. The molecule has 0 bridgehead atoms. The van der Waals surface area contributed by atoms with Gasteiger partial charge >= 0.3 is 0 Å². The van der Waals surface area contributed by atoms with Crippen LogP contribution in [0.15, 0.2) is 60.7 Å². The molecule has 0 saturated carbocycles. The first-order valence-electron chi connectivity index (χ1n) is 7.88. The molecule has 26 heavy (non-hydrogen) atoms. The van der Waals surface area contributed by atoms with Gasteiger partial charge < -0.3 is 5.73 Å². The minimum Gasteiger partial charge on any atom is -0.368 e. The molecule has 1 atom stereocenters. The highest BCUT2D eigenvalue weighted by atomic mass is 35.5. The molecule has 7 heteroatoms. The lowest BCUT2D eigenvalue weighted by molar-refractivity contribution is 0.880. The van der Waals surface area contributed by atoms with E-state index in [4.69, 9.17) is 22.6 Å². The molecule has 4 aromatic rings. The monoisotopic (exact) mass is 360 g/mol. The van der Waals surface area contributed by atoms with Crippen LogP contribution < -0.4 is 5.73 Å². The fraction of sp³-hybridized carbons (Fsp3) is 0.0526. The number of alkyl halides is 1. The van der Waals surface area contributed by atoms with E-state index in [0.717, 1.165) is 11.1 Å². The molecule has 0 aliphatic heterocycles. The van der Waals surface area contributed by atoms with Gasteiger partial charge in [0.15, 0.2) is 11.5 Å². The number of aromatic nitrogens is 4. The van der Waals surface area contributed by atoms with E-state index in [1.165, 1.54) is 4.52 Å². The fourth-order valence-electron chi connectivity index (χ4n) is 2.70. The summed E-state index contributed by atoms with van der Waals surface area (Å²) in [5, 5.41) is 13.0. The summed E-state index contributed by atoms with van der Waals surface area (Å²) in [4.78, 5) is 8.89. The topological polar surface area (TPSA) is 92.9 Å². The molecular formula is C19H13ClN6. The van der Waals surface area contributed by atoms with Gasteiger partial charge in [0.25, 0.3) is 0 Å². The number of halogens is 1. The maximum atomic E-state index is 9.07. The molecule has 0 amide bonds. The van der Waals surface area contributed by atoms with Gasteiger partial charge in [-0.1, -0.05) is 42.5 Å². The number of nitrogen functional groups attached to an aromatic ring is 1. The zero-order valence-electron chi connectivity index (χ0n) is 13.5. The van der Waals surface area contributed by atoms with Crippen LogP contribution in [0.1, 0.15) is 22.3 Å². The average Bonchev–Trinajstić information content (AvgIpc) is 3.13. The van der Waals surface area contributed by atoms with Crippen molar-refractivity contribution in [3.8, 4) is 17.3 Å². The quantitative estimate of drug-likeness (QED) is 0.564. The SMILES string of the molecule is N#Cc1cccc(-c2cc3nc(C(Cl)c4ccccc4)nn3c(N)n2)c1. The second kappa shape index (κ2) is 6.47. The van der Waals surface area contributed by atoms with E-state index in [2.05, 4.69) is 21.1 Å². The summed E-state index contributed by atoms with van der Waals surface area (Å²) in [6, 6.07) is 20.6. The Balaban J connectivity index is 1.79. The zero-order valence-corrected chi connectivity index (χ0v) is 14.3. The Hall–Kier alpha value is -3.43. The molecule has 126 valence electrons. The summed E-state index contributed by atoms with van der Waals surface area (Å²) in [6.07, 6.45) is 0. The number of nitriles is 1. The maximum Gasteiger partial charge on any atom is 0.223 e. The third kappa shape index (κ3) is 2.85. The van der Waals surface area contributed by atoms with Crippen LogP contribution in [-0.2, 0) is 0 Å². The van der Waals surface area contributed by atoms with Crippen LogP contribution in [0.25, 0.3) is 16.9 Å². The molecule has 2 aromatic carbocycles. The zero-order chi connectivity index (χ0) is 18.1. The molecule has 0 saturated heterocycles. The Labute approximate surface area is 154 Å². The van der Waals surface area contributed by atoms with Gasteiger partial charge in [-0.25, -0.2) is 9.97 Å². The van der Waals surface area contributed by atoms with E-state index in [1.54, 1.807) is 24.3 Å². The van der Waals surface area contributed by atoms with Gasteiger partial charge in [-0.2, -0.15) is 9.78 Å². The van der Waals surface area contributed by atoms with Gasteiger partial charge in [-0.05, 0) is 17.7 Å². The second-order valence-electron chi connectivity index (χ2n) is 5.71. The third-order valence-electron chi connectivity index (χ3n) is 3.97. The largest absolute Gasteiger partial charge is 0.368 e. The minimum absolute atomic E-state index is 0.204. The number of benzene rings is 2. The summed E-state index contributed by atoms with van der Waals surface area (Å²) < 4.78 is 1.46. The van der Waals surface area contributed by atoms with Crippen molar-refractivity contribution in [2.45, 2.75) is 5.38 Å². The minimum atomic E-state index is -0.485. The van der Waals surface area contributed by atoms with Gasteiger partial charge in [0.2, 0.25) is 5.95 Å². The van der Waals surface area contributed by atoms with Crippen LogP contribution in [0.2, 0.25) is 0 Å². The smallest absolute Gasteiger partial charge is 0.223 e. The number of hydrogen-bond donors (Lipinski definition) is 1. The number of nitrogens with zero attached hydrogens (tertiary/aromatic N) is 5. The van der Waals surface area contributed by atoms with Crippen LogP contribution in [0, 0.1) is 11.3 Å². The Bertz CT molecular complexity index is 1130. The predicted octanol–water partition coefficient (Wildman–Crippen LogP) is 3.57. The van der Waals surface area contributed by atoms with Crippen LogP contribution in [0.4, 0.5) is 5.95 Å². The van der Waals surface area contributed by atoms with Crippen molar-refractivity contribution in [2.75, 3.05) is 5.73 Å². The van der Waals surface area contributed by atoms with E-state index in [9.17, 15) is 0 Å². The van der Waals surface area contributed by atoms with E-state index in [0.29, 0.717) is 22.7 Å². The number of nitrogens with two attached hydrogens (primary N) is 1. The Morgan fingerprint density at radius 3 is 2.62 bits per heavy atom. The summed E-state index contributed by atoms with van der Waals surface area (Å²) in [5.74, 6) is 0.657. The molecule has 0 spiro atoms. The molecule has 2 aromatic heterocycles. The molecule has 1 unspecified atom stereocenters. The van der Waals surface area contributed by atoms with Gasteiger partial charge in [-0.15, -0.1) is 16.7 Å². The van der Waals surface area contributed by atoms with Crippen molar-refractivity contribution in [3.63, 3.8) is 0 Å². The standard InChI is InChI=1S/C19H13ClN6/c20-17(13-6-2-1-3-7-13)18-24-16-10-15(23-19(22)26(16)25-18)14-8-4-5-12(9-14)11-21/h1-10,17H,(H2,22,23). The maximum absolute atomic E-state index is 9.07. The van der Waals surface area contributed by atoms with Gasteiger partial charge in [0.05, 0.1) is 17.3 Å². The van der Waals surface area contributed by atoms with Crippen molar-refractivity contribution in [2.24, 2.45) is 0 Å². The van der Waals surface area contributed by atoms with Crippen molar-refractivity contribution >= 4 is 23.2 Å². The first-order chi connectivity index (χ1) is 12.7. The van der Waals surface area contributed by atoms with Crippen molar-refractivity contribution in [1.29, 1.82) is 5.26 Å². The first kappa shape index (κ1) is 16.1. The van der Waals surface area contributed by atoms with Gasteiger partial charge in [0.1, 0.15) is 5.38 Å². The Morgan fingerprint density at radius 2 is 1.85 bits per heavy atom. The number of hydrogen-bond acceptors (Lipinski definition) is 5. The molecule has 0 aliphatic rings. The van der Waals surface area contributed by atoms with Crippen LogP contribution in [-0.4, -0.2) is 19.6 Å². The lowest BCUT2D eigenvalue weighted by Gasteiger charge is -2.04. The first-order valence-corrected chi connectivity index (χ1v) is 8.32. The Morgan fingerprint density at radius 1 is 1.04 bits per heavy atom. The summed E-state index contributed by atoms with van der Waals surface area (Å²) in [5.41, 5.74) is 9.47. The Kier molecular flexibility index (Phi) is 3.99. The number of fused-ring (bicyclic) bond motifs is 1.